The molecule has 0 unspecified atom stereocenters. The molecule has 0 spiro atoms. The van der Waals surface area contributed by atoms with Crippen LogP contribution in [0.15, 0.2) is 29.1 Å². The minimum atomic E-state index is -0.663. The maximum atomic E-state index is 13.1. The molecule has 0 radical (unpaired) electrons. The van der Waals surface area contributed by atoms with Crippen molar-refractivity contribution in [1.82, 2.24) is 19.7 Å². The highest BCUT2D eigenvalue weighted by atomic mass is 19.1. The van der Waals surface area contributed by atoms with Crippen LogP contribution in [0.3, 0.4) is 0 Å². The third-order valence-corrected chi connectivity index (χ3v) is 4.63. The molecule has 1 N–H and O–H groups in total. The zero-order valence-electron chi connectivity index (χ0n) is 14.4. The van der Waals surface area contributed by atoms with Gasteiger partial charge in [0.05, 0.1) is 12.6 Å². The van der Waals surface area contributed by atoms with E-state index in [2.05, 4.69) is 10.3 Å². The van der Waals surface area contributed by atoms with Crippen LogP contribution in [0, 0.1) is 5.82 Å². The average Bonchev–Trinajstić information content (AvgIpc) is 3.34. The molecule has 0 aliphatic carbocycles. The van der Waals surface area contributed by atoms with Gasteiger partial charge >= 0.3 is 11.7 Å². The van der Waals surface area contributed by atoms with Gasteiger partial charge in [-0.05, 0) is 37.1 Å². The normalized spacial score (nSPS) is 18.8. The Morgan fingerprint density at radius 3 is 2.78 bits per heavy atom. The highest BCUT2D eigenvalue weighted by molar-refractivity contribution is 5.95. The van der Waals surface area contributed by atoms with Crippen LogP contribution in [-0.4, -0.2) is 45.5 Å². The van der Waals surface area contributed by atoms with Crippen molar-refractivity contribution in [3.05, 3.63) is 46.4 Å². The second-order valence-electron chi connectivity index (χ2n) is 6.46. The molecule has 2 aromatic rings. The van der Waals surface area contributed by atoms with E-state index >= 15 is 0 Å². The predicted octanol–water partition coefficient (Wildman–Crippen LogP) is 0.467. The molecule has 2 amide bonds. The van der Waals surface area contributed by atoms with Crippen molar-refractivity contribution in [3.63, 3.8) is 0 Å². The van der Waals surface area contributed by atoms with Gasteiger partial charge in [0.25, 0.3) is 0 Å². The van der Waals surface area contributed by atoms with Gasteiger partial charge in [0.15, 0.2) is 5.82 Å². The lowest BCUT2D eigenvalue weighted by Gasteiger charge is -2.16. The van der Waals surface area contributed by atoms with E-state index in [0.717, 1.165) is 22.2 Å². The van der Waals surface area contributed by atoms with E-state index in [1.54, 1.807) is 0 Å². The van der Waals surface area contributed by atoms with Crippen LogP contribution < -0.4 is 15.9 Å². The highest BCUT2D eigenvalue weighted by Crippen LogP contribution is 2.23. The first-order valence-electron chi connectivity index (χ1n) is 8.67. The molecular formula is C17H18FN5O4. The lowest BCUT2D eigenvalue weighted by molar-refractivity contribution is -0.122. The van der Waals surface area contributed by atoms with Crippen molar-refractivity contribution >= 4 is 17.6 Å². The summed E-state index contributed by atoms with van der Waals surface area (Å²) in [5.74, 6) is -0.576. The summed E-state index contributed by atoms with van der Waals surface area (Å²) in [6.07, 6.45) is 1.83. The second kappa shape index (κ2) is 6.95. The van der Waals surface area contributed by atoms with Crippen LogP contribution in [0.5, 0.6) is 0 Å². The largest absolute Gasteiger partial charge is 0.376 e. The van der Waals surface area contributed by atoms with Gasteiger partial charge in [-0.1, -0.05) is 0 Å². The van der Waals surface area contributed by atoms with Crippen molar-refractivity contribution in [1.29, 1.82) is 0 Å². The molecule has 2 aliphatic heterocycles. The number of fused-ring (bicyclic) bond motifs is 1. The standard InChI is InChI=1S/C17H18FN5O4/c18-11-3-5-12(6-4-11)21-9-14-20-16(25)22(23(14)17(21)26)10-15(24)19-8-13-2-1-7-27-13/h3-6,13H,1-2,7-10H2,(H,19,24)/t13-/m1/s1. The van der Waals surface area contributed by atoms with Gasteiger partial charge in [-0.2, -0.15) is 9.67 Å². The van der Waals surface area contributed by atoms with Crippen molar-refractivity contribution in [2.75, 3.05) is 18.1 Å². The number of ether oxygens (including phenoxy) is 1. The van der Waals surface area contributed by atoms with Gasteiger partial charge in [-0.25, -0.2) is 18.7 Å². The van der Waals surface area contributed by atoms with Crippen molar-refractivity contribution < 1.29 is 18.7 Å². The number of aromatic nitrogens is 3. The number of hydrogen-bond donors (Lipinski definition) is 1. The van der Waals surface area contributed by atoms with Crippen LogP contribution >= 0.6 is 0 Å². The van der Waals surface area contributed by atoms with E-state index in [1.165, 1.54) is 29.2 Å². The fraction of sp³-hybridized carbons (Fsp3) is 0.412. The van der Waals surface area contributed by atoms with E-state index in [0.29, 0.717) is 18.8 Å². The minimum Gasteiger partial charge on any atom is -0.376 e. The number of carbonyl (C=O) groups is 2. The number of rotatable bonds is 5. The van der Waals surface area contributed by atoms with Crippen LogP contribution in [0.1, 0.15) is 18.7 Å². The lowest BCUT2D eigenvalue weighted by atomic mass is 10.2. The Kier molecular flexibility index (Phi) is 4.48. The van der Waals surface area contributed by atoms with Crippen LogP contribution in [-0.2, 0) is 22.6 Å². The Hall–Kier alpha value is -3.01. The monoisotopic (exact) mass is 375 g/mol. The number of amides is 2. The number of hydrogen-bond acceptors (Lipinski definition) is 5. The van der Waals surface area contributed by atoms with Gasteiger partial charge in [0, 0.05) is 18.8 Å². The molecule has 1 aromatic heterocycles. The summed E-state index contributed by atoms with van der Waals surface area (Å²) in [6.45, 7) is 0.805. The Morgan fingerprint density at radius 1 is 1.30 bits per heavy atom. The molecule has 1 saturated heterocycles. The Labute approximate surface area is 153 Å². The number of anilines is 1. The van der Waals surface area contributed by atoms with E-state index in [1.807, 2.05) is 0 Å². The SMILES string of the molecule is O=C(Cn1c(=O)nc2n1C(=O)N(c1ccc(F)cc1)C2)NC[C@H]1CCCO1. The summed E-state index contributed by atoms with van der Waals surface area (Å²) in [6, 6.07) is 4.91. The van der Waals surface area contributed by atoms with Gasteiger partial charge in [-0.3, -0.25) is 9.69 Å². The molecule has 27 heavy (non-hydrogen) atoms. The quantitative estimate of drug-likeness (QED) is 0.819. The molecule has 1 fully saturated rings. The number of nitrogens with one attached hydrogen (secondary N) is 1. The summed E-state index contributed by atoms with van der Waals surface area (Å²) >= 11 is 0. The Balaban J connectivity index is 1.48. The average molecular weight is 375 g/mol. The molecule has 10 heteroatoms. The Morgan fingerprint density at radius 2 is 2.07 bits per heavy atom. The summed E-state index contributed by atoms with van der Waals surface area (Å²) in [5, 5.41) is 2.71. The topological polar surface area (TPSA) is 98.5 Å². The molecule has 1 atom stereocenters. The van der Waals surface area contributed by atoms with Gasteiger partial charge in [-0.15, -0.1) is 0 Å². The van der Waals surface area contributed by atoms with Crippen LogP contribution in [0.4, 0.5) is 14.9 Å². The zero-order chi connectivity index (χ0) is 19.0. The number of carbonyl (C=O) groups excluding carboxylic acids is 2. The van der Waals surface area contributed by atoms with E-state index < -0.39 is 23.4 Å². The fourth-order valence-corrected chi connectivity index (χ4v) is 3.27. The first-order chi connectivity index (χ1) is 13.0. The number of nitrogens with zero attached hydrogens (tertiary/aromatic N) is 4. The summed E-state index contributed by atoms with van der Waals surface area (Å²) in [5.41, 5.74) is -0.182. The molecule has 2 aliphatic rings. The maximum Gasteiger partial charge on any atom is 0.365 e. The lowest BCUT2D eigenvalue weighted by Crippen LogP contribution is -2.40. The molecule has 0 bridgehead atoms. The fourth-order valence-electron chi connectivity index (χ4n) is 3.27. The first-order valence-corrected chi connectivity index (χ1v) is 8.67. The molecule has 1 aromatic carbocycles. The van der Waals surface area contributed by atoms with Crippen LogP contribution in [0.25, 0.3) is 0 Å². The first kappa shape index (κ1) is 17.4. The summed E-state index contributed by atoms with van der Waals surface area (Å²) in [7, 11) is 0. The number of halogens is 1. The smallest absolute Gasteiger partial charge is 0.365 e. The second-order valence-corrected chi connectivity index (χ2v) is 6.46. The van der Waals surface area contributed by atoms with Crippen molar-refractivity contribution in [2.24, 2.45) is 0 Å². The Bertz CT molecular complexity index is 930. The summed E-state index contributed by atoms with van der Waals surface area (Å²) < 4.78 is 20.6. The van der Waals surface area contributed by atoms with Crippen molar-refractivity contribution in [3.8, 4) is 0 Å². The molecular weight excluding hydrogens is 357 g/mol. The molecule has 4 rings (SSSR count). The third-order valence-electron chi connectivity index (χ3n) is 4.63. The third kappa shape index (κ3) is 3.35. The molecule has 0 saturated carbocycles. The summed E-state index contributed by atoms with van der Waals surface area (Å²) in [4.78, 5) is 42.2. The van der Waals surface area contributed by atoms with E-state index in [9.17, 15) is 18.8 Å². The van der Waals surface area contributed by atoms with Gasteiger partial charge in [0.1, 0.15) is 12.4 Å². The highest BCUT2D eigenvalue weighted by Gasteiger charge is 2.33. The van der Waals surface area contributed by atoms with E-state index in [-0.39, 0.29) is 25.0 Å². The zero-order valence-corrected chi connectivity index (χ0v) is 14.4. The number of benzene rings is 1. The van der Waals surface area contributed by atoms with Gasteiger partial charge < -0.3 is 10.1 Å². The van der Waals surface area contributed by atoms with Crippen molar-refractivity contribution in [2.45, 2.75) is 32.0 Å². The van der Waals surface area contributed by atoms with Crippen LogP contribution in [0.2, 0.25) is 0 Å². The molecule has 9 nitrogen and oxygen atoms in total. The maximum absolute atomic E-state index is 13.1. The predicted molar refractivity (Wildman–Crippen MR) is 91.8 cm³/mol. The van der Waals surface area contributed by atoms with Gasteiger partial charge in [0.2, 0.25) is 5.91 Å². The van der Waals surface area contributed by atoms with E-state index in [4.69, 9.17) is 4.74 Å². The molecule has 142 valence electrons. The minimum absolute atomic E-state index is 0.0163. The molecule has 3 heterocycles.